The first kappa shape index (κ1) is 13.6. The topological polar surface area (TPSA) is 51.8 Å². The van der Waals surface area contributed by atoms with Crippen LogP contribution in [0.2, 0.25) is 0 Å². The van der Waals surface area contributed by atoms with E-state index in [9.17, 15) is 0 Å². The summed E-state index contributed by atoms with van der Waals surface area (Å²) in [6, 6.07) is 3.87. The zero-order valence-electron chi connectivity index (χ0n) is 11.4. The molecule has 104 valence electrons. The quantitative estimate of drug-likeness (QED) is 0.526. The van der Waals surface area contributed by atoms with Crippen LogP contribution >= 0.6 is 23.1 Å². The molecule has 0 aromatic carbocycles. The van der Waals surface area contributed by atoms with Crippen LogP contribution in [0.1, 0.15) is 22.7 Å². The van der Waals surface area contributed by atoms with Gasteiger partial charge in [0.05, 0.1) is 11.2 Å². The van der Waals surface area contributed by atoms with Gasteiger partial charge in [-0.05, 0) is 38.8 Å². The second kappa shape index (κ2) is 5.93. The summed E-state index contributed by atoms with van der Waals surface area (Å²) in [4.78, 5) is 14.4. The molecule has 6 heteroatoms. The van der Waals surface area contributed by atoms with Crippen LogP contribution in [0.25, 0.3) is 11.2 Å². The Balaban J connectivity index is 1.56. The van der Waals surface area contributed by atoms with Crippen molar-refractivity contribution in [2.75, 3.05) is 5.75 Å². The Bertz CT molecular complexity index is 720. The molecule has 3 rings (SSSR count). The number of hydrogen-bond acceptors (Lipinski definition) is 6. The van der Waals surface area contributed by atoms with Crippen LogP contribution in [0.15, 0.2) is 27.3 Å². The molecular formula is C14H15N3OS2. The molecule has 0 saturated heterocycles. The summed E-state index contributed by atoms with van der Waals surface area (Å²) in [5.41, 5.74) is 5.49. The van der Waals surface area contributed by atoms with Gasteiger partial charge in [-0.25, -0.2) is 9.97 Å². The maximum Gasteiger partial charge on any atom is 0.258 e. The van der Waals surface area contributed by atoms with Crippen molar-refractivity contribution in [3.05, 3.63) is 33.9 Å². The van der Waals surface area contributed by atoms with Gasteiger partial charge in [-0.1, -0.05) is 11.8 Å². The van der Waals surface area contributed by atoms with Crippen LogP contribution in [-0.4, -0.2) is 20.7 Å². The van der Waals surface area contributed by atoms with Gasteiger partial charge in [-0.2, -0.15) is 4.98 Å². The third kappa shape index (κ3) is 3.02. The lowest BCUT2D eigenvalue weighted by Crippen LogP contribution is -1.87. The van der Waals surface area contributed by atoms with Crippen molar-refractivity contribution in [3.8, 4) is 0 Å². The smallest absolute Gasteiger partial charge is 0.258 e. The standard InChI is InChI=1S/C14H15N3OS2/c1-9-5-6-11-13(16-9)17-14(18-11)19-7-3-4-12-10(2)15-8-20-12/h5-6,8H,3-4,7H2,1-2H3. The second-order valence-electron chi connectivity index (χ2n) is 4.57. The summed E-state index contributed by atoms with van der Waals surface area (Å²) in [6.07, 6.45) is 2.17. The van der Waals surface area contributed by atoms with Crippen molar-refractivity contribution < 1.29 is 4.42 Å². The van der Waals surface area contributed by atoms with Gasteiger partial charge < -0.3 is 4.42 Å². The largest absolute Gasteiger partial charge is 0.430 e. The molecule has 0 saturated carbocycles. The van der Waals surface area contributed by atoms with E-state index >= 15 is 0 Å². The van der Waals surface area contributed by atoms with E-state index in [1.807, 2.05) is 24.6 Å². The summed E-state index contributed by atoms with van der Waals surface area (Å²) >= 11 is 3.38. The van der Waals surface area contributed by atoms with E-state index in [-0.39, 0.29) is 0 Å². The zero-order valence-corrected chi connectivity index (χ0v) is 13.1. The predicted octanol–water partition coefficient (Wildman–Crippen LogP) is 4.02. The lowest BCUT2D eigenvalue weighted by atomic mass is 10.2. The number of pyridine rings is 1. The normalized spacial score (nSPS) is 11.3. The highest BCUT2D eigenvalue weighted by Crippen LogP contribution is 2.24. The van der Waals surface area contributed by atoms with Crippen molar-refractivity contribution >= 4 is 34.3 Å². The number of aromatic nitrogens is 3. The molecule has 0 aliphatic heterocycles. The Morgan fingerprint density at radius 2 is 2.15 bits per heavy atom. The maximum absolute atomic E-state index is 5.66. The molecule has 3 aromatic heterocycles. The number of hydrogen-bond donors (Lipinski definition) is 0. The molecule has 0 fully saturated rings. The van der Waals surface area contributed by atoms with Crippen LogP contribution < -0.4 is 0 Å². The highest BCUT2D eigenvalue weighted by atomic mass is 32.2. The van der Waals surface area contributed by atoms with E-state index in [4.69, 9.17) is 4.42 Å². The fraction of sp³-hybridized carbons (Fsp3) is 0.357. The average molecular weight is 305 g/mol. The number of oxazole rings is 1. The molecular weight excluding hydrogens is 290 g/mol. The lowest BCUT2D eigenvalue weighted by molar-refractivity contribution is 0.489. The van der Waals surface area contributed by atoms with Gasteiger partial charge >= 0.3 is 0 Å². The highest BCUT2D eigenvalue weighted by Gasteiger charge is 2.08. The van der Waals surface area contributed by atoms with Gasteiger partial charge in [-0.15, -0.1) is 11.3 Å². The van der Waals surface area contributed by atoms with Crippen LogP contribution in [-0.2, 0) is 6.42 Å². The molecule has 0 bridgehead atoms. The molecule has 3 aromatic rings. The van der Waals surface area contributed by atoms with Gasteiger partial charge in [0, 0.05) is 16.3 Å². The fourth-order valence-electron chi connectivity index (χ4n) is 1.91. The third-order valence-corrected chi connectivity index (χ3v) is 4.90. The Morgan fingerprint density at radius 1 is 1.25 bits per heavy atom. The Hall–Kier alpha value is -1.40. The molecule has 0 N–H and O–H groups in total. The molecule has 0 amide bonds. The van der Waals surface area contributed by atoms with Crippen molar-refractivity contribution in [2.24, 2.45) is 0 Å². The molecule has 0 aliphatic rings. The number of thiazole rings is 1. The van der Waals surface area contributed by atoms with E-state index in [1.54, 1.807) is 23.1 Å². The first-order valence-electron chi connectivity index (χ1n) is 6.48. The SMILES string of the molecule is Cc1ccc2oc(SCCCc3scnc3C)nc2n1. The van der Waals surface area contributed by atoms with Crippen LogP contribution in [0, 0.1) is 13.8 Å². The third-order valence-electron chi connectivity index (χ3n) is 2.99. The average Bonchev–Trinajstić information content (AvgIpc) is 3.00. The van der Waals surface area contributed by atoms with E-state index in [2.05, 4.69) is 21.9 Å². The van der Waals surface area contributed by atoms with E-state index in [1.165, 1.54) is 4.88 Å². The molecule has 0 aliphatic carbocycles. The monoisotopic (exact) mass is 305 g/mol. The summed E-state index contributed by atoms with van der Waals surface area (Å²) in [5, 5.41) is 0.708. The fourth-order valence-corrected chi connectivity index (χ4v) is 3.50. The van der Waals surface area contributed by atoms with Crippen molar-refractivity contribution in [1.82, 2.24) is 15.0 Å². The number of rotatable bonds is 5. The van der Waals surface area contributed by atoms with Crippen molar-refractivity contribution in [1.29, 1.82) is 0 Å². The summed E-state index contributed by atoms with van der Waals surface area (Å²) in [7, 11) is 0. The minimum Gasteiger partial charge on any atom is -0.430 e. The van der Waals surface area contributed by atoms with Crippen LogP contribution in [0.3, 0.4) is 0 Å². The number of fused-ring (bicyclic) bond motifs is 1. The molecule has 3 heterocycles. The van der Waals surface area contributed by atoms with E-state index < -0.39 is 0 Å². The number of thioether (sulfide) groups is 1. The molecule has 0 spiro atoms. The first-order chi connectivity index (χ1) is 9.72. The molecule has 20 heavy (non-hydrogen) atoms. The van der Waals surface area contributed by atoms with E-state index in [0.29, 0.717) is 10.9 Å². The van der Waals surface area contributed by atoms with E-state index in [0.717, 1.165) is 35.6 Å². The van der Waals surface area contributed by atoms with Crippen LogP contribution in [0.5, 0.6) is 0 Å². The van der Waals surface area contributed by atoms with Gasteiger partial charge in [0.2, 0.25) is 0 Å². The maximum atomic E-state index is 5.66. The molecule has 4 nitrogen and oxygen atoms in total. The first-order valence-corrected chi connectivity index (χ1v) is 8.35. The molecule has 0 unspecified atom stereocenters. The van der Waals surface area contributed by atoms with Gasteiger partial charge in [-0.3, -0.25) is 0 Å². The summed E-state index contributed by atoms with van der Waals surface area (Å²) in [5.74, 6) is 0.989. The zero-order chi connectivity index (χ0) is 13.9. The van der Waals surface area contributed by atoms with Gasteiger partial charge in [0.25, 0.3) is 5.22 Å². The van der Waals surface area contributed by atoms with Gasteiger partial charge in [0.15, 0.2) is 11.2 Å². The van der Waals surface area contributed by atoms with Crippen molar-refractivity contribution in [3.63, 3.8) is 0 Å². The second-order valence-corrected chi connectivity index (χ2v) is 6.55. The molecule has 0 radical (unpaired) electrons. The number of nitrogens with zero attached hydrogens (tertiary/aromatic N) is 3. The molecule has 0 atom stereocenters. The Labute approximate surface area is 125 Å². The lowest BCUT2D eigenvalue weighted by Gasteiger charge is -1.97. The van der Waals surface area contributed by atoms with Crippen molar-refractivity contribution in [2.45, 2.75) is 31.9 Å². The summed E-state index contributed by atoms with van der Waals surface area (Å²) in [6.45, 7) is 4.02. The minimum absolute atomic E-state index is 0.700. The minimum atomic E-state index is 0.700. The Kier molecular flexibility index (Phi) is 4.03. The Morgan fingerprint density at radius 3 is 2.95 bits per heavy atom. The summed E-state index contributed by atoms with van der Waals surface area (Å²) < 4.78 is 5.66. The van der Waals surface area contributed by atoms with Gasteiger partial charge in [0.1, 0.15) is 0 Å². The van der Waals surface area contributed by atoms with Crippen LogP contribution in [0.4, 0.5) is 0 Å². The predicted molar refractivity (Wildman–Crippen MR) is 82.4 cm³/mol. The highest BCUT2D eigenvalue weighted by molar-refractivity contribution is 7.99. The number of aryl methyl sites for hydroxylation is 3.